The van der Waals surface area contributed by atoms with Crippen molar-refractivity contribution in [1.82, 2.24) is 0 Å². The van der Waals surface area contributed by atoms with Gasteiger partial charge >= 0.3 is 5.97 Å². The number of esters is 1. The number of rotatable bonds is 11. The highest BCUT2D eigenvalue weighted by Crippen LogP contribution is 2.15. The number of ketones is 1. The van der Waals surface area contributed by atoms with Gasteiger partial charge in [0.25, 0.3) is 5.91 Å². The number of hydrogen-bond donors (Lipinski definition) is 2. The minimum Gasteiger partial charge on any atom is -0.494 e. The van der Waals surface area contributed by atoms with Crippen molar-refractivity contribution in [3.8, 4) is 5.75 Å². The van der Waals surface area contributed by atoms with Crippen molar-refractivity contribution in [3.63, 3.8) is 0 Å². The van der Waals surface area contributed by atoms with E-state index in [1.807, 2.05) is 6.92 Å². The lowest BCUT2D eigenvalue weighted by Crippen LogP contribution is -2.21. The second-order valence-corrected chi connectivity index (χ2v) is 6.70. The van der Waals surface area contributed by atoms with Gasteiger partial charge in [0.1, 0.15) is 5.75 Å². The molecule has 0 aliphatic carbocycles. The van der Waals surface area contributed by atoms with Crippen LogP contribution in [0.4, 0.5) is 11.4 Å². The number of hydrogen-bond acceptors (Lipinski definition) is 6. The third kappa shape index (κ3) is 8.69. The van der Waals surface area contributed by atoms with Gasteiger partial charge in [0, 0.05) is 29.8 Å². The van der Waals surface area contributed by atoms with E-state index in [9.17, 15) is 19.2 Å². The van der Waals surface area contributed by atoms with Gasteiger partial charge in [-0.15, -0.1) is 0 Å². The van der Waals surface area contributed by atoms with E-state index in [0.717, 1.165) is 0 Å². The number of carbonyl (C=O) groups is 4. The lowest BCUT2D eigenvalue weighted by atomic mass is 10.1. The summed E-state index contributed by atoms with van der Waals surface area (Å²) in [5.41, 5.74) is 1.59. The van der Waals surface area contributed by atoms with E-state index in [2.05, 4.69) is 10.6 Å². The van der Waals surface area contributed by atoms with Crippen molar-refractivity contribution >= 4 is 34.9 Å². The van der Waals surface area contributed by atoms with Crippen molar-refractivity contribution in [2.24, 2.45) is 0 Å². The van der Waals surface area contributed by atoms with Crippen LogP contribution < -0.4 is 15.4 Å². The fourth-order valence-corrected chi connectivity index (χ4v) is 2.65. The predicted octanol–water partition coefficient (Wildman–Crippen LogP) is 3.58. The van der Waals surface area contributed by atoms with Crippen LogP contribution in [0.3, 0.4) is 0 Å². The van der Waals surface area contributed by atoms with Crippen molar-refractivity contribution in [2.75, 3.05) is 23.8 Å². The van der Waals surface area contributed by atoms with Gasteiger partial charge in [0.15, 0.2) is 12.4 Å². The Labute approximate surface area is 180 Å². The molecule has 2 aromatic carbocycles. The fraction of sp³-hybridized carbons (Fsp3) is 0.304. The van der Waals surface area contributed by atoms with Crippen LogP contribution in [0.15, 0.2) is 48.5 Å². The van der Waals surface area contributed by atoms with Gasteiger partial charge in [-0.3, -0.25) is 19.2 Å². The van der Waals surface area contributed by atoms with Crippen LogP contribution in [0.5, 0.6) is 5.75 Å². The Kier molecular flexibility index (Phi) is 9.22. The molecule has 8 heteroatoms. The number of benzene rings is 2. The quantitative estimate of drug-likeness (QED) is 0.420. The van der Waals surface area contributed by atoms with Crippen LogP contribution in [-0.2, 0) is 19.1 Å². The number of Topliss-reactive ketones (excluding diaryl/α,β-unsaturated/α-hetero) is 1. The minimum absolute atomic E-state index is 0.0111. The van der Waals surface area contributed by atoms with E-state index < -0.39 is 18.5 Å². The standard InChI is InChI=1S/C23H26N2O6/c1-3-30-20-12-10-18(11-13-20)24-22(28)15-31-23(29)9-5-8-21(27)25-19-7-4-6-17(14-19)16(2)26/h4,6-7,10-14H,3,5,8-9,15H2,1-2H3,(H,24,28)(H,25,27). The number of anilines is 2. The van der Waals surface area contributed by atoms with Gasteiger partial charge in [-0.05, 0) is 56.7 Å². The second kappa shape index (κ2) is 12.1. The van der Waals surface area contributed by atoms with Crippen molar-refractivity contribution in [1.29, 1.82) is 0 Å². The summed E-state index contributed by atoms with van der Waals surface area (Å²) in [7, 11) is 0. The predicted molar refractivity (Wildman–Crippen MR) is 116 cm³/mol. The maximum atomic E-state index is 12.0. The Morgan fingerprint density at radius 2 is 1.58 bits per heavy atom. The molecule has 0 saturated heterocycles. The Morgan fingerprint density at radius 1 is 0.871 bits per heavy atom. The minimum atomic E-state index is -0.562. The first kappa shape index (κ1) is 23.6. The lowest BCUT2D eigenvalue weighted by molar-refractivity contribution is -0.147. The highest BCUT2D eigenvalue weighted by atomic mass is 16.5. The molecule has 0 aliphatic rings. The van der Waals surface area contributed by atoms with Crippen LogP contribution in [0.25, 0.3) is 0 Å². The molecule has 2 amide bonds. The molecule has 164 valence electrons. The molecule has 0 bridgehead atoms. The zero-order valence-electron chi connectivity index (χ0n) is 17.6. The van der Waals surface area contributed by atoms with E-state index in [1.54, 1.807) is 48.5 Å². The van der Waals surface area contributed by atoms with E-state index in [0.29, 0.717) is 29.3 Å². The topological polar surface area (TPSA) is 111 Å². The second-order valence-electron chi connectivity index (χ2n) is 6.70. The molecule has 0 spiro atoms. The molecule has 0 atom stereocenters. The van der Waals surface area contributed by atoms with E-state index >= 15 is 0 Å². The third-order valence-corrected chi connectivity index (χ3v) is 4.15. The van der Waals surface area contributed by atoms with Crippen molar-refractivity contribution < 1.29 is 28.7 Å². The summed E-state index contributed by atoms with van der Waals surface area (Å²) in [5.74, 6) is -0.691. The summed E-state index contributed by atoms with van der Waals surface area (Å²) >= 11 is 0. The number of amides is 2. The largest absolute Gasteiger partial charge is 0.494 e. The first-order valence-corrected chi connectivity index (χ1v) is 9.96. The van der Waals surface area contributed by atoms with Crippen molar-refractivity contribution in [2.45, 2.75) is 33.1 Å². The van der Waals surface area contributed by atoms with Gasteiger partial charge in [-0.1, -0.05) is 12.1 Å². The molecule has 0 fully saturated rings. The van der Waals surface area contributed by atoms with Gasteiger partial charge in [-0.2, -0.15) is 0 Å². The Morgan fingerprint density at radius 3 is 2.26 bits per heavy atom. The number of nitrogens with one attached hydrogen (secondary N) is 2. The molecule has 31 heavy (non-hydrogen) atoms. The molecule has 2 aromatic rings. The summed E-state index contributed by atoms with van der Waals surface area (Å²) in [6.45, 7) is 3.47. The number of carbonyl (C=O) groups excluding carboxylic acids is 4. The average molecular weight is 426 g/mol. The van der Waals surface area contributed by atoms with Crippen molar-refractivity contribution in [3.05, 3.63) is 54.1 Å². The molecule has 0 unspecified atom stereocenters. The average Bonchev–Trinajstić information content (AvgIpc) is 2.74. The van der Waals surface area contributed by atoms with E-state index in [-0.39, 0.29) is 31.0 Å². The zero-order valence-corrected chi connectivity index (χ0v) is 17.6. The maximum absolute atomic E-state index is 12.0. The molecule has 8 nitrogen and oxygen atoms in total. The van der Waals surface area contributed by atoms with E-state index in [1.165, 1.54) is 6.92 Å². The van der Waals surface area contributed by atoms with Gasteiger partial charge in [0.05, 0.1) is 6.61 Å². The summed E-state index contributed by atoms with van der Waals surface area (Å²) < 4.78 is 10.3. The summed E-state index contributed by atoms with van der Waals surface area (Å²) in [4.78, 5) is 47.0. The molecule has 0 radical (unpaired) electrons. The normalized spacial score (nSPS) is 10.1. The Bertz CT molecular complexity index is 924. The highest BCUT2D eigenvalue weighted by Gasteiger charge is 2.10. The molecule has 0 saturated carbocycles. The third-order valence-electron chi connectivity index (χ3n) is 4.15. The van der Waals surface area contributed by atoms with Crippen LogP contribution in [0.1, 0.15) is 43.5 Å². The Balaban J connectivity index is 1.65. The molecular weight excluding hydrogens is 400 g/mol. The monoisotopic (exact) mass is 426 g/mol. The van der Waals surface area contributed by atoms with Crippen LogP contribution in [-0.4, -0.2) is 36.8 Å². The summed E-state index contributed by atoms with van der Waals surface area (Å²) in [6.07, 6.45) is 0.395. The van der Waals surface area contributed by atoms with Gasteiger partial charge < -0.3 is 20.1 Å². The molecular formula is C23H26N2O6. The SMILES string of the molecule is CCOc1ccc(NC(=O)COC(=O)CCCC(=O)Nc2cccc(C(C)=O)c2)cc1. The first-order valence-electron chi connectivity index (χ1n) is 9.96. The molecule has 0 aromatic heterocycles. The molecule has 2 N–H and O–H groups in total. The highest BCUT2D eigenvalue weighted by molar-refractivity contribution is 5.97. The van der Waals surface area contributed by atoms with Crippen LogP contribution in [0, 0.1) is 0 Å². The van der Waals surface area contributed by atoms with Gasteiger partial charge in [0.2, 0.25) is 5.91 Å². The molecule has 0 heterocycles. The first-order chi connectivity index (χ1) is 14.9. The van der Waals surface area contributed by atoms with Gasteiger partial charge in [-0.25, -0.2) is 0 Å². The van der Waals surface area contributed by atoms with E-state index in [4.69, 9.17) is 9.47 Å². The molecule has 2 rings (SSSR count). The summed E-state index contributed by atoms with van der Waals surface area (Å²) in [6, 6.07) is 13.5. The van der Waals surface area contributed by atoms with Crippen LogP contribution in [0.2, 0.25) is 0 Å². The summed E-state index contributed by atoms with van der Waals surface area (Å²) in [5, 5.41) is 5.30. The maximum Gasteiger partial charge on any atom is 0.306 e. The molecule has 0 aliphatic heterocycles. The van der Waals surface area contributed by atoms with Crippen LogP contribution >= 0.6 is 0 Å². The number of ether oxygens (including phenoxy) is 2. The fourth-order valence-electron chi connectivity index (χ4n) is 2.65. The zero-order chi connectivity index (χ0) is 22.6. The lowest BCUT2D eigenvalue weighted by Gasteiger charge is -2.08. The Hall–Kier alpha value is -3.68. The smallest absolute Gasteiger partial charge is 0.306 e.